The highest BCUT2D eigenvalue weighted by Crippen LogP contribution is 2.22. The number of nitrogens with zero attached hydrogens (tertiary/aromatic N) is 2. The van der Waals surface area contributed by atoms with Crippen LogP contribution >= 0.6 is 11.3 Å². The third-order valence-electron chi connectivity index (χ3n) is 3.87. The number of benzene rings is 1. The average Bonchev–Trinajstić information content (AvgIpc) is 3.09. The predicted molar refractivity (Wildman–Crippen MR) is 91.2 cm³/mol. The summed E-state index contributed by atoms with van der Waals surface area (Å²) in [5, 5.41) is 1.90. The number of thiophene rings is 1. The predicted octanol–water partition coefficient (Wildman–Crippen LogP) is 1.73. The molecular weight excluding hydrogens is 334 g/mol. The second-order valence-electron chi connectivity index (χ2n) is 5.41. The first-order chi connectivity index (χ1) is 10.8. The number of aryl methyl sites for hydroxylation is 3. The van der Waals surface area contributed by atoms with Crippen molar-refractivity contribution in [2.75, 3.05) is 0 Å². The molecular formula is C15H17N3O3S2. The van der Waals surface area contributed by atoms with Gasteiger partial charge in [-0.25, -0.2) is 17.9 Å². The monoisotopic (exact) mass is 351 g/mol. The first kappa shape index (κ1) is 16.0. The minimum Gasteiger partial charge on any atom is -0.295 e. The van der Waals surface area contributed by atoms with E-state index in [2.05, 4.69) is 4.72 Å². The normalized spacial score (nSPS) is 12.1. The van der Waals surface area contributed by atoms with E-state index in [0.29, 0.717) is 16.6 Å². The molecule has 0 bridgehead atoms. The molecule has 0 aliphatic heterocycles. The molecule has 8 heteroatoms. The third kappa shape index (κ3) is 2.73. The highest BCUT2D eigenvalue weighted by molar-refractivity contribution is 7.89. The van der Waals surface area contributed by atoms with Gasteiger partial charge in [-0.3, -0.25) is 9.13 Å². The van der Waals surface area contributed by atoms with Crippen molar-refractivity contribution in [3.8, 4) is 0 Å². The molecule has 1 N–H and O–H groups in total. The van der Waals surface area contributed by atoms with Crippen LogP contribution in [0, 0.1) is 6.92 Å². The van der Waals surface area contributed by atoms with Crippen molar-refractivity contribution in [2.45, 2.75) is 18.4 Å². The van der Waals surface area contributed by atoms with Crippen molar-refractivity contribution in [1.29, 1.82) is 0 Å². The zero-order valence-corrected chi connectivity index (χ0v) is 14.7. The van der Waals surface area contributed by atoms with E-state index in [0.717, 1.165) is 4.88 Å². The minimum atomic E-state index is -3.65. The van der Waals surface area contributed by atoms with Crippen LogP contribution in [0.25, 0.3) is 11.0 Å². The molecule has 0 aliphatic rings. The molecule has 1 aromatic carbocycles. The lowest BCUT2D eigenvalue weighted by molar-refractivity contribution is 0.581. The molecule has 0 spiro atoms. The highest BCUT2D eigenvalue weighted by Gasteiger charge is 2.20. The fourth-order valence-corrected chi connectivity index (χ4v) is 4.56. The number of sulfonamides is 1. The molecule has 0 radical (unpaired) electrons. The molecule has 6 nitrogen and oxygen atoms in total. The Hall–Kier alpha value is -1.90. The smallest absolute Gasteiger partial charge is 0.295 e. The molecule has 2 heterocycles. The van der Waals surface area contributed by atoms with Gasteiger partial charge in [0.25, 0.3) is 0 Å². The van der Waals surface area contributed by atoms with E-state index >= 15 is 0 Å². The van der Waals surface area contributed by atoms with Crippen LogP contribution in [0.3, 0.4) is 0 Å². The summed E-state index contributed by atoms with van der Waals surface area (Å²) in [6, 6.07) is 7.05. The van der Waals surface area contributed by atoms with Crippen molar-refractivity contribution in [1.82, 2.24) is 13.9 Å². The Kier molecular flexibility index (Phi) is 3.91. The van der Waals surface area contributed by atoms with Crippen LogP contribution in [0.4, 0.5) is 0 Å². The number of hydrogen-bond acceptors (Lipinski definition) is 4. The average molecular weight is 351 g/mol. The van der Waals surface area contributed by atoms with Gasteiger partial charge >= 0.3 is 5.69 Å². The third-order valence-corrected chi connectivity index (χ3v) is 6.29. The highest BCUT2D eigenvalue weighted by atomic mass is 32.2. The maximum absolute atomic E-state index is 12.6. The summed E-state index contributed by atoms with van der Waals surface area (Å²) in [4.78, 5) is 13.1. The molecule has 0 aliphatic carbocycles. The Bertz CT molecular complexity index is 1030. The fourth-order valence-electron chi connectivity index (χ4n) is 2.58. The van der Waals surface area contributed by atoms with Gasteiger partial charge in [-0.15, -0.1) is 11.3 Å². The van der Waals surface area contributed by atoms with Gasteiger partial charge in [0.05, 0.1) is 15.9 Å². The van der Waals surface area contributed by atoms with Gasteiger partial charge in [0.1, 0.15) is 0 Å². The lowest BCUT2D eigenvalue weighted by Crippen LogP contribution is -2.23. The lowest BCUT2D eigenvalue weighted by atomic mass is 10.2. The summed E-state index contributed by atoms with van der Waals surface area (Å²) in [6.07, 6.45) is 0. The number of fused-ring (bicyclic) bond motifs is 1. The van der Waals surface area contributed by atoms with Crippen LogP contribution in [0.2, 0.25) is 0 Å². The number of nitrogens with one attached hydrogen (secondary N) is 1. The van der Waals surface area contributed by atoms with E-state index in [-0.39, 0.29) is 17.1 Å². The lowest BCUT2D eigenvalue weighted by Gasteiger charge is -2.09. The molecule has 23 heavy (non-hydrogen) atoms. The van der Waals surface area contributed by atoms with E-state index in [1.54, 1.807) is 33.2 Å². The standard InChI is InChI=1S/C15H17N3O3S2/c1-10-7-12-13(18(3)15(19)17(12)2)8-14(10)23(20,21)16-9-11-5-4-6-22-11/h4-8,16H,9H2,1-3H3. The second kappa shape index (κ2) is 5.63. The van der Waals surface area contributed by atoms with E-state index in [4.69, 9.17) is 0 Å². The maximum atomic E-state index is 12.6. The van der Waals surface area contributed by atoms with Crippen LogP contribution in [-0.4, -0.2) is 17.6 Å². The van der Waals surface area contributed by atoms with Crippen molar-refractivity contribution in [3.05, 3.63) is 50.6 Å². The SMILES string of the molecule is Cc1cc2c(cc1S(=O)(=O)NCc1cccs1)n(C)c(=O)n2C. The second-order valence-corrected chi connectivity index (χ2v) is 8.18. The van der Waals surface area contributed by atoms with Crippen LogP contribution in [0.1, 0.15) is 10.4 Å². The maximum Gasteiger partial charge on any atom is 0.328 e. The Balaban J connectivity index is 2.06. The number of hydrogen-bond donors (Lipinski definition) is 1. The number of rotatable bonds is 4. The van der Waals surface area contributed by atoms with Gasteiger partial charge in [0.2, 0.25) is 10.0 Å². The fraction of sp³-hybridized carbons (Fsp3) is 0.267. The zero-order valence-electron chi connectivity index (χ0n) is 13.0. The molecule has 0 saturated heterocycles. The molecule has 0 amide bonds. The first-order valence-corrected chi connectivity index (χ1v) is 9.35. The van der Waals surface area contributed by atoms with Crippen LogP contribution in [0.15, 0.2) is 39.3 Å². The van der Waals surface area contributed by atoms with Gasteiger partial charge in [-0.2, -0.15) is 0 Å². The van der Waals surface area contributed by atoms with Crippen molar-refractivity contribution >= 4 is 32.4 Å². The first-order valence-electron chi connectivity index (χ1n) is 6.99. The van der Waals surface area contributed by atoms with E-state index in [1.807, 2.05) is 17.5 Å². The van der Waals surface area contributed by atoms with Crippen LogP contribution in [-0.2, 0) is 30.7 Å². The molecule has 0 saturated carbocycles. The van der Waals surface area contributed by atoms with Crippen LogP contribution < -0.4 is 10.4 Å². The quantitative estimate of drug-likeness (QED) is 0.778. The van der Waals surface area contributed by atoms with Gasteiger partial charge in [-0.1, -0.05) is 6.07 Å². The summed E-state index contributed by atoms with van der Waals surface area (Å²) >= 11 is 1.50. The summed E-state index contributed by atoms with van der Waals surface area (Å²) in [6.45, 7) is 1.99. The Morgan fingerprint density at radius 1 is 1.17 bits per heavy atom. The van der Waals surface area contributed by atoms with Gasteiger partial charge in [0.15, 0.2) is 0 Å². The molecule has 122 valence electrons. The topological polar surface area (TPSA) is 73.1 Å². The summed E-state index contributed by atoms with van der Waals surface area (Å²) in [5.41, 5.74) is 1.74. The summed E-state index contributed by atoms with van der Waals surface area (Å²) in [5.74, 6) is 0. The van der Waals surface area contributed by atoms with Gasteiger partial charge in [-0.05, 0) is 36.1 Å². The largest absolute Gasteiger partial charge is 0.328 e. The Morgan fingerprint density at radius 3 is 2.43 bits per heavy atom. The van der Waals surface area contributed by atoms with Crippen LogP contribution in [0.5, 0.6) is 0 Å². The van der Waals surface area contributed by atoms with Crippen molar-refractivity contribution in [3.63, 3.8) is 0 Å². The van der Waals surface area contributed by atoms with Gasteiger partial charge in [0, 0.05) is 25.5 Å². The molecule has 3 rings (SSSR count). The summed E-state index contributed by atoms with van der Waals surface area (Å²) < 4.78 is 30.8. The molecule has 0 atom stereocenters. The Labute approximate surface area is 138 Å². The molecule has 0 unspecified atom stereocenters. The van der Waals surface area contributed by atoms with E-state index < -0.39 is 10.0 Å². The Morgan fingerprint density at radius 2 is 1.83 bits per heavy atom. The van der Waals surface area contributed by atoms with Crippen molar-refractivity contribution < 1.29 is 8.42 Å². The minimum absolute atomic E-state index is 0.180. The summed E-state index contributed by atoms with van der Waals surface area (Å²) in [7, 11) is -0.338. The van der Waals surface area contributed by atoms with Gasteiger partial charge < -0.3 is 0 Å². The van der Waals surface area contributed by atoms with Crippen molar-refractivity contribution in [2.24, 2.45) is 14.1 Å². The van der Waals surface area contributed by atoms with E-state index in [1.165, 1.54) is 20.5 Å². The van der Waals surface area contributed by atoms with E-state index in [9.17, 15) is 13.2 Å². The molecule has 2 aromatic heterocycles. The molecule has 3 aromatic rings. The number of imidazole rings is 1. The molecule has 0 fully saturated rings. The zero-order chi connectivity index (χ0) is 16.8. The number of aromatic nitrogens is 2.